The van der Waals surface area contributed by atoms with E-state index in [1.807, 2.05) is 12.1 Å². The van der Waals surface area contributed by atoms with Crippen LogP contribution in [0.25, 0.3) is 6.08 Å². The van der Waals surface area contributed by atoms with Crippen molar-refractivity contribution in [1.29, 1.82) is 0 Å². The molecular weight excluding hydrogens is 247 g/mol. The highest BCUT2D eigenvalue weighted by Gasteiger charge is 1.94. The van der Waals surface area contributed by atoms with Crippen LogP contribution in [-0.4, -0.2) is 5.33 Å². The quantitative estimate of drug-likeness (QED) is 0.710. The maximum Gasteiger partial charge on any atom is 0.0479 e. The highest BCUT2D eigenvalue weighted by atomic mass is 79.9. The van der Waals surface area contributed by atoms with E-state index in [-0.39, 0.29) is 0 Å². The van der Waals surface area contributed by atoms with Crippen molar-refractivity contribution in [2.45, 2.75) is 12.3 Å². The van der Waals surface area contributed by atoms with Crippen LogP contribution in [0.15, 0.2) is 30.3 Å². The fraction of sp³-hybridized carbons (Fsp3) is 0.273. The second-order valence-electron chi connectivity index (χ2n) is 2.71. The summed E-state index contributed by atoms with van der Waals surface area (Å²) in [6.45, 7) is 0. The third-order valence-corrected chi connectivity index (χ3v) is 2.52. The van der Waals surface area contributed by atoms with Gasteiger partial charge in [-0.25, -0.2) is 0 Å². The molecule has 0 aromatic heterocycles. The van der Waals surface area contributed by atoms with Gasteiger partial charge in [-0.15, -0.1) is 11.6 Å². The molecule has 0 aliphatic heterocycles. The number of hydrogen-bond acceptors (Lipinski definition) is 0. The molecule has 0 saturated carbocycles. The molecule has 13 heavy (non-hydrogen) atoms. The van der Waals surface area contributed by atoms with Crippen molar-refractivity contribution in [2.24, 2.45) is 0 Å². The van der Waals surface area contributed by atoms with Crippen molar-refractivity contribution in [3.63, 3.8) is 0 Å². The minimum absolute atomic E-state index is 0.578. The van der Waals surface area contributed by atoms with Crippen molar-refractivity contribution < 1.29 is 0 Å². The van der Waals surface area contributed by atoms with E-state index in [0.717, 1.165) is 11.8 Å². The standard InChI is InChI=1S/C11H12BrCl/c12-8-4-3-6-10-5-1-2-7-11(10)9-13/h1-3,5-7H,4,8-9H2. The lowest BCUT2D eigenvalue weighted by Crippen LogP contribution is -1.82. The Bertz CT molecular complexity index is 281. The minimum atomic E-state index is 0.578. The first-order valence-electron chi connectivity index (χ1n) is 4.25. The lowest BCUT2D eigenvalue weighted by atomic mass is 10.1. The third-order valence-electron chi connectivity index (χ3n) is 1.77. The molecule has 0 bridgehead atoms. The second-order valence-corrected chi connectivity index (χ2v) is 3.77. The summed E-state index contributed by atoms with van der Waals surface area (Å²) < 4.78 is 0. The van der Waals surface area contributed by atoms with Gasteiger partial charge in [-0.3, -0.25) is 0 Å². The van der Waals surface area contributed by atoms with E-state index in [2.05, 4.69) is 40.2 Å². The van der Waals surface area contributed by atoms with Crippen LogP contribution in [0.5, 0.6) is 0 Å². The van der Waals surface area contributed by atoms with E-state index in [4.69, 9.17) is 11.6 Å². The van der Waals surface area contributed by atoms with Gasteiger partial charge in [-0.05, 0) is 17.5 Å². The molecule has 0 nitrogen and oxygen atoms in total. The first-order valence-corrected chi connectivity index (χ1v) is 5.90. The number of rotatable bonds is 4. The molecule has 0 radical (unpaired) electrons. The monoisotopic (exact) mass is 258 g/mol. The lowest BCUT2D eigenvalue weighted by molar-refractivity contribution is 1.27. The van der Waals surface area contributed by atoms with Crippen molar-refractivity contribution in [1.82, 2.24) is 0 Å². The number of benzene rings is 1. The van der Waals surface area contributed by atoms with Crippen LogP contribution >= 0.6 is 27.5 Å². The number of allylic oxidation sites excluding steroid dienone is 1. The zero-order chi connectivity index (χ0) is 9.52. The number of alkyl halides is 2. The average Bonchev–Trinajstić information content (AvgIpc) is 2.19. The predicted octanol–water partition coefficient (Wildman–Crippen LogP) is 4.22. The van der Waals surface area contributed by atoms with E-state index in [1.165, 1.54) is 11.1 Å². The Morgan fingerprint density at radius 2 is 2.08 bits per heavy atom. The van der Waals surface area contributed by atoms with Gasteiger partial charge in [0.05, 0.1) is 0 Å². The highest BCUT2D eigenvalue weighted by molar-refractivity contribution is 9.09. The third kappa shape index (κ3) is 3.53. The van der Waals surface area contributed by atoms with E-state index in [0.29, 0.717) is 5.88 Å². The zero-order valence-electron chi connectivity index (χ0n) is 7.34. The lowest BCUT2D eigenvalue weighted by Gasteiger charge is -2.00. The topological polar surface area (TPSA) is 0 Å². The van der Waals surface area contributed by atoms with Gasteiger partial charge in [0.1, 0.15) is 0 Å². The Labute approximate surface area is 92.7 Å². The number of hydrogen-bond donors (Lipinski definition) is 0. The zero-order valence-corrected chi connectivity index (χ0v) is 9.68. The summed E-state index contributed by atoms with van der Waals surface area (Å²) in [5, 5.41) is 1.01. The van der Waals surface area contributed by atoms with Crippen LogP contribution in [0.4, 0.5) is 0 Å². The fourth-order valence-electron chi connectivity index (χ4n) is 1.09. The summed E-state index contributed by atoms with van der Waals surface area (Å²) in [7, 11) is 0. The average molecular weight is 260 g/mol. The summed E-state index contributed by atoms with van der Waals surface area (Å²) in [6, 6.07) is 8.19. The molecule has 0 fully saturated rings. The van der Waals surface area contributed by atoms with Crippen molar-refractivity contribution in [2.75, 3.05) is 5.33 Å². The van der Waals surface area contributed by atoms with Crippen molar-refractivity contribution >= 4 is 33.6 Å². The Morgan fingerprint density at radius 3 is 2.77 bits per heavy atom. The van der Waals surface area contributed by atoms with Gasteiger partial charge in [0.25, 0.3) is 0 Å². The smallest absolute Gasteiger partial charge is 0.0479 e. The van der Waals surface area contributed by atoms with Crippen LogP contribution < -0.4 is 0 Å². The highest BCUT2D eigenvalue weighted by Crippen LogP contribution is 2.13. The molecule has 1 rings (SSSR count). The molecule has 0 aliphatic rings. The van der Waals surface area contributed by atoms with Gasteiger partial charge < -0.3 is 0 Å². The van der Waals surface area contributed by atoms with Crippen LogP contribution in [-0.2, 0) is 5.88 Å². The first-order chi connectivity index (χ1) is 6.38. The molecule has 70 valence electrons. The van der Waals surface area contributed by atoms with Gasteiger partial charge in [0.15, 0.2) is 0 Å². The summed E-state index contributed by atoms with van der Waals surface area (Å²) in [6.07, 6.45) is 5.33. The summed E-state index contributed by atoms with van der Waals surface area (Å²) >= 11 is 9.18. The summed E-state index contributed by atoms with van der Waals surface area (Å²) in [4.78, 5) is 0. The van der Waals surface area contributed by atoms with Gasteiger partial charge in [-0.1, -0.05) is 52.3 Å². The molecule has 1 aromatic rings. The molecule has 0 heterocycles. The molecule has 0 saturated heterocycles. The summed E-state index contributed by atoms with van der Waals surface area (Å²) in [5.41, 5.74) is 2.41. The van der Waals surface area contributed by atoms with Crippen molar-refractivity contribution in [3.05, 3.63) is 41.5 Å². The molecule has 2 heteroatoms. The maximum absolute atomic E-state index is 5.80. The molecule has 0 atom stereocenters. The summed E-state index contributed by atoms with van der Waals surface area (Å²) in [5.74, 6) is 0.578. The van der Waals surface area contributed by atoms with Gasteiger partial charge in [-0.2, -0.15) is 0 Å². The Morgan fingerprint density at radius 1 is 1.31 bits per heavy atom. The molecule has 0 aliphatic carbocycles. The Hall–Kier alpha value is -0.270. The van der Waals surface area contributed by atoms with E-state index >= 15 is 0 Å². The van der Waals surface area contributed by atoms with Crippen LogP contribution in [0.2, 0.25) is 0 Å². The molecule has 0 N–H and O–H groups in total. The van der Waals surface area contributed by atoms with Crippen LogP contribution in [0, 0.1) is 0 Å². The van der Waals surface area contributed by atoms with Crippen LogP contribution in [0.1, 0.15) is 17.5 Å². The van der Waals surface area contributed by atoms with Gasteiger partial charge >= 0.3 is 0 Å². The van der Waals surface area contributed by atoms with E-state index in [9.17, 15) is 0 Å². The van der Waals surface area contributed by atoms with Gasteiger partial charge in [0, 0.05) is 11.2 Å². The number of halogens is 2. The fourth-order valence-corrected chi connectivity index (χ4v) is 1.60. The van der Waals surface area contributed by atoms with E-state index < -0.39 is 0 Å². The minimum Gasteiger partial charge on any atom is -0.122 e. The van der Waals surface area contributed by atoms with E-state index in [1.54, 1.807) is 0 Å². The van der Waals surface area contributed by atoms with Crippen molar-refractivity contribution in [3.8, 4) is 0 Å². The van der Waals surface area contributed by atoms with Crippen LogP contribution in [0.3, 0.4) is 0 Å². The SMILES string of the molecule is ClCc1ccccc1C=CCCBr. The molecule has 0 amide bonds. The predicted molar refractivity (Wildman–Crippen MR) is 63.4 cm³/mol. The van der Waals surface area contributed by atoms with Gasteiger partial charge in [0.2, 0.25) is 0 Å². The largest absolute Gasteiger partial charge is 0.122 e. The molecule has 0 spiro atoms. The Balaban J connectivity index is 2.74. The first kappa shape index (κ1) is 10.8. The Kier molecular flexibility index (Phi) is 5.18. The normalized spacial score (nSPS) is 10.9. The molecule has 1 aromatic carbocycles. The maximum atomic E-state index is 5.80. The second kappa shape index (κ2) is 6.22. The molecular formula is C11H12BrCl. The molecule has 0 unspecified atom stereocenters.